The molecule has 0 aromatic rings. The Morgan fingerprint density at radius 3 is 2.31 bits per heavy atom. The predicted octanol–water partition coefficient (Wildman–Crippen LogP) is 2.77. The van der Waals surface area contributed by atoms with E-state index in [0.717, 1.165) is 44.9 Å². The lowest BCUT2D eigenvalue weighted by molar-refractivity contribution is -0.130. The number of hydrogen-bond donors (Lipinski definition) is 1. The highest BCUT2D eigenvalue weighted by molar-refractivity contribution is 5.85. The Kier molecular flexibility index (Phi) is 4.79. The van der Waals surface area contributed by atoms with Gasteiger partial charge in [0.05, 0.1) is 6.07 Å². The van der Waals surface area contributed by atoms with Gasteiger partial charge in [-0.25, -0.2) is 0 Å². The molecular formula is C13H22N2O. The Balaban J connectivity index is 2.65. The number of nitrogens with zero attached hydrogens (tertiary/aromatic N) is 1. The summed E-state index contributed by atoms with van der Waals surface area (Å²) in [6.45, 7) is 4.13. The summed E-state index contributed by atoms with van der Waals surface area (Å²) >= 11 is 0. The Bertz CT molecular complexity index is 270. The van der Waals surface area contributed by atoms with Crippen molar-refractivity contribution in [3.05, 3.63) is 0 Å². The largest absolute Gasteiger partial charge is 0.352 e. The van der Waals surface area contributed by atoms with Crippen molar-refractivity contribution in [2.45, 2.75) is 64.8 Å². The van der Waals surface area contributed by atoms with E-state index in [4.69, 9.17) is 0 Å². The summed E-state index contributed by atoms with van der Waals surface area (Å²) in [5.74, 6) is -0.0385. The molecule has 90 valence electrons. The first kappa shape index (κ1) is 13.0. The minimum atomic E-state index is -0.735. The van der Waals surface area contributed by atoms with E-state index in [0.29, 0.717) is 0 Å². The first-order valence-corrected chi connectivity index (χ1v) is 6.40. The van der Waals surface area contributed by atoms with Gasteiger partial charge in [-0.1, -0.05) is 33.1 Å². The number of nitrogens with one attached hydrogen (secondary N) is 1. The third-order valence-electron chi connectivity index (χ3n) is 3.68. The molecule has 16 heavy (non-hydrogen) atoms. The molecule has 1 saturated carbocycles. The van der Waals surface area contributed by atoms with Gasteiger partial charge in [-0.05, 0) is 25.7 Å². The topological polar surface area (TPSA) is 52.9 Å². The zero-order chi connectivity index (χ0) is 12.0. The van der Waals surface area contributed by atoms with Crippen LogP contribution in [0, 0.1) is 16.7 Å². The fourth-order valence-corrected chi connectivity index (χ4v) is 2.36. The van der Waals surface area contributed by atoms with Crippen LogP contribution in [0.1, 0.15) is 58.8 Å². The van der Waals surface area contributed by atoms with Gasteiger partial charge in [0.2, 0.25) is 5.91 Å². The molecule has 1 rings (SSSR count). The van der Waals surface area contributed by atoms with Crippen molar-refractivity contribution >= 4 is 5.91 Å². The van der Waals surface area contributed by atoms with E-state index in [1.807, 2.05) is 0 Å². The van der Waals surface area contributed by atoms with Crippen LogP contribution in [-0.4, -0.2) is 11.9 Å². The lowest BCUT2D eigenvalue weighted by Gasteiger charge is -2.30. The third-order valence-corrected chi connectivity index (χ3v) is 3.68. The highest BCUT2D eigenvalue weighted by Gasteiger charge is 2.40. The van der Waals surface area contributed by atoms with Crippen LogP contribution >= 0.6 is 0 Å². The minimum absolute atomic E-state index is 0.0385. The quantitative estimate of drug-likeness (QED) is 0.795. The second-order valence-corrected chi connectivity index (χ2v) is 4.74. The smallest absolute Gasteiger partial charge is 0.240 e. The molecule has 1 N–H and O–H groups in total. The Labute approximate surface area is 98.2 Å². The van der Waals surface area contributed by atoms with Crippen LogP contribution in [0.5, 0.6) is 0 Å². The van der Waals surface area contributed by atoms with Crippen LogP contribution in [0.15, 0.2) is 0 Å². The molecule has 0 spiro atoms. The van der Waals surface area contributed by atoms with Crippen molar-refractivity contribution in [2.75, 3.05) is 0 Å². The summed E-state index contributed by atoms with van der Waals surface area (Å²) in [6.07, 6.45) is 6.49. The second kappa shape index (κ2) is 5.89. The van der Waals surface area contributed by atoms with Gasteiger partial charge in [0.1, 0.15) is 5.41 Å². The highest BCUT2D eigenvalue weighted by atomic mass is 16.2. The van der Waals surface area contributed by atoms with Crippen molar-refractivity contribution in [3.8, 4) is 6.07 Å². The summed E-state index contributed by atoms with van der Waals surface area (Å²) in [6, 6.07) is 2.48. The van der Waals surface area contributed by atoms with Crippen molar-refractivity contribution in [2.24, 2.45) is 5.41 Å². The number of carbonyl (C=O) groups is 1. The van der Waals surface area contributed by atoms with Gasteiger partial charge in [-0.2, -0.15) is 5.26 Å². The van der Waals surface area contributed by atoms with E-state index in [2.05, 4.69) is 25.2 Å². The molecule has 0 bridgehead atoms. The number of amides is 1. The maximum Gasteiger partial charge on any atom is 0.240 e. The van der Waals surface area contributed by atoms with Crippen LogP contribution in [0.25, 0.3) is 0 Å². The minimum Gasteiger partial charge on any atom is -0.352 e. The Morgan fingerprint density at radius 1 is 1.31 bits per heavy atom. The number of carbonyl (C=O) groups excluding carboxylic acids is 1. The lowest BCUT2D eigenvalue weighted by Crippen LogP contribution is -2.45. The molecule has 1 amide bonds. The van der Waals surface area contributed by atoms with Crippen molar-refractivity contribution in [1.82, 2.24) is 5.32 Å². The SMILES string of the molecule is CCC(CC)NC(=O)C1(C#N)CCCCC1. The monoisotopic (exact) mass is 222 g/mol. The van der Waals surface area contributed by atoms with Crippen LogP contribution in [0.4, 0.5) is 0 Å². The summed E-state index contributed by atoms with van der Waals surface area (Å²) < 4.78 is 0. The molecule has 0 radical (unpaired) electrons. The van der Waals surface area contributed by atoms with E-state index in [1.165, 1.54) is 0 Å². The number of hydrogen-bond acceptors (Lipinski definition) is 2. The molecule has 3 nitrogen and oxygen atoms in total. The van der Waals surface area contributed by atoms with Crippen LogP contribution in [0.2, 0.25) is 0 Å². The summed E-state index contributed by atoms with van der Waals surface area (Å²) in [5.41, 5.74) is -0.735. The Morgan fingerprint density at radius 2 is 1.88 bits per heavy atom. The fraction of sp³-hybridized carbons (Fsp3) is 0.846. The molecule has 0 unspecified atom stereocenters. The summed E-state index contributed by atoms with van der Waals surface area (Å²) in [4.78, 5) is 12.1. The van der Waals surface area contributed by atoms with E-state index < -0.39 is 5.41 Å². The van der Waals surface area contributed by atoms with Crippen molar-refractivity contribution in [3.63, 3.8) is 0 Å². The molecule has 1 aliphatic carbocycles. The molecule has 0 heterocycles. The molecule has 3 heteroatoms. The van der Waals surface area contributed by atoms with Gasteiger partial charge in [-0.15, -0.1) is 0 Å². The van der Waals surface area contributed by atoms with Gasteiger partial charge in [-0.3, -0.25) is 4.79 Å². The van der Waals surface area contributed by atoms with Gasteiger partial charge in [0.15, 0.2) is 0 Å². The third kappa shape index (κ3) is 2.75. The van der Waals surface area contributed by atoms with Crippen molar-refractivity contribution < 1.29 is 4.79 Å². The summed E-state index contributed by atoms with van der Waals surface area (Å²) in [5, 5.41) is 12.3. The maximum atomic E-state index is 12.1. The van der Waals surface area contributed by atoms with Crippen LogP contribution in [0.3, 0.4) is 0 Å². The molecule has 0 atom stereocenters. The average molecular weight is 222 g/mol. The maximum absolute atomic E-state index is 12.1. The van der Waals surface area contributed by atoms with E-state index in [1.54, 1.807) is 0 Å². The number of nitriles is 1. The van der Waals surface area contributed by atoms with Crippen LogP contribution in [-0.2, 0) is 4.79 Å². The molecule has 0 aromatic carbocycles. The van der Waals surface area contributed by atoms with Gasteiger partial charge in [0.25, 0.3) is 0 Å². The number of rotatable bonds is 4. The molecule has 0 saturated heterocycles. The second-order valence-electron chi connectivity index (χ2n) is 4.74. The molecule has 1 aliphatic rings. The first-order chi connectivity index (χ1) is 7.68. The molecule has 1 fully saturated rings. The van der Waals surface area contributed by atoms with Gasteiger partial charge < -0.3 is 5.32 Å². The van der Waals surface area contributed by atoms with Gasteiger partial charge in [0, 0.05) is 6.04 Å². The zero-order valence-electron chi connectivity index (χ0n) is 10.4. The predicted molar refractivity (Wildman–Crippen MR) is 63.6 cm³/mol. The molecular weight excluding hydrogens is 200 g/mol. The van der Waals surface area contributed by atoms with Gasteiger partial charge >= 0.3 is 0 Å². The van der Waals surface area contributed by atoms with E-state index in [9.17, 15) is 10.1 Å². The van der Waals surface area contributed by atoms with Crippen molar-refractivity contribution in [1.29, 1.82) is 5.26 Å². The normalized spacial score (nSPS) is 19.1. The highest BCUT2D eigenvalue weighted by Crippen LogP contribution is 2.36. The molecule has 0 aliphatic heterocycles. The zero-order valence-corrected chi connectivity index (χ0v) is 10.4. The standard InChI is InChI=1S/C13H22N2O/c1-3-11(4-2)15-12(16)13(10-14)8-6-5-7-9-13/h11H,3-9H2,1-2H3,(H,15,16). The van der Waals surface area contributed by atoms with E-state index >= 15 is 0 Å². The lowest BCUT2D eigenvalue weighted by atomic mass is 9.74. The fourth-order valence-electron chi connectivity index (χ4n) is 2.36. The molecule has 0 aromatic heterocycles. The average Bonchev–Trinajstić information content (AvgIpc) is 2.36. The first-order valence-electron chi connectivity index (χ1n) is 6.40. The Hall–Kier alpha value is -1.04. The van der Waals surface area contributed by atoms with E-state index in [-0.39, 0.29) is 11.9 Å². The summed E-state index contributed by atoms with van der Waals surface area (Å²) in [7, 11) is 0. The van der Waals surface area contributed by atoms with Crippen LogP contribution < -0.4 is 5.32 Å².